The predicted molar refractivity (Wildman–Crippen MR) is 82.9 cm³/mol. The number of nitrogens with one attached hydrogen (secondary N) is 1. The molecular formula is C16H19FN4O3. The molecule has 0 spiro atoms. The van der Waals surface area contributed by atoms with Gasteiger partial charge in [-0.2, -0.15) is 4.98 Å². The van der Waals surface area contributed by atoms with Gasteiger partial charge in [0, 0.05) is 32.9 Å². The molecule has 1 aromatic heterocycles. The molecule has 128 valence electrons. The van der Waals surface area contributed by atoms with E-state index in [1.54, 1.807) is 30.0 Å². The Kier molecular flexibility index (Phi) is 4.93. The maximum absolute atomic E-state index is 13.6. The fourth-order valence-electron chi connectivity index (χ4n) is 2.58. The first kappa shape index (κ1) is 16.2. The molecule has 1 aromatic carbocycles. The lowest BCUT2D eigenvalue weighted by Gasteiger charge is -2.32. The van der Waals surface area contributed by atoms with E-state index in [9.17, 15) is 9.18 Å². The summed E-state index contributed by atoms with van der Waals surface area (Å²) in [5, 5.41) is 6.48. The summed E-state index contributed by atoms with van der Waals surface area (Å²) in [5.74, 6) is 0.796. The molecule has 1 aliphatic heterocycles. The minimum atomic E-state index is -0.368. The van der Waals surface area contributed by atoms with Gasteiger partial charge in [-0.3, -0.25) is 0 Å². The Balaban J connectivity index is 1.44. The van der Waals surface area contributed by atoms with Gasteiger partial charge in [0.15, 0.2) is 17.4 Å². The summed E-state index contributed by atoms with van der Waals surface area (Å²) in [4.78, 5) is 17.9. The largest absolute Gasteiger partial charge is 0.487 e. The molecule has 0 unspecified atom stereocenters. The number of nitrogens with zero attached hydrogens (tertiary/aromatic N) is 3. The summed E-state index contributed by atoms with van der Waals surface area (Å²) in [6.07, 6.45) is 1.22. The van der Waals surface area contributed by atoms with Crippen molar-refractivity contribution in [3.05, 3.63) is 41.8 Å². The lowest BCUT2D eigenvalue weighted by atomic mass is 10.1. The summed E-state index contributed by atoms with van der Waals surface area (Å²) in [6.45, 7) is 3.02. The van der Waals surface area contributed by atoms with Crippen molar-refractivity contribution < 1.29 is 18.4 Å². The number of ether oxygens (including phenoxy) is 1. The standard InChI is InChI=1S/C16H19FN4O3/c1-11-19-15(20-24-11)10-18-16(22)21-8-6-12(7-9-21)23-14-5-3-2-4-13(14)17/h2-5,12H,6-10H2,1H3,(H,18,22). The number of aromatic nitrogens is 2. The quantitative estimate of drug-likeness (QED) is 0.928. The van der Waals surface area contributed by atoms with E-state index in [1.165, 1.54) is 6.07 Å². The van der Waals surface area contributed by atoms with E-state index in [0.717, 1.165) is 0 Å². The number of halogens is 1. The molecule has 7 nitrogen and oxygen atoms in total. The van der Waals surface area contributed by atoms with Gasteiger partial charge in [-0.15, -0.1) is 0 Å². The molecule has 0 aliphatic carbocycles. The zero-order valence-electron chi connectivity index (χ0n) is 13.4. The summed E-state index contributed by atoms with van der Waals surface area (Å²) in [6, 6.07) is 6.17. The third kappa shape index (κ3) is 4.01. The number of benzene rings is 1. The number of urea groups is 1. The average molecular weight is 334 g/mol. The third-order valence-corrected chi connectivity index (χ3v) is 3.83. The minimum absolute atomic E-state index is 0.0918. The van der Waals surface area contributed by atoms with Crippen molar-refractivity contribution in [2.75, 3.05) is 13.1 Å². The number of rotatable bonds is 4. The zero-order valence-corrected chi connectivity index (χ0v) is 13.4. The summed E-state index contributed by atoms with van der Waals surface area (Å²) in [7, 11) is 0. The molecular weight excluding hydrogens is 315 g/mol. The van der Waals surface area contributed by atoms with Gasteiger partial charge in [0.05, 0.1) is 6.54 Å². The maximum Gasteiger partial charge on any atom is 0.317 e. The fraction of sp³-hybridized carbons (Fsp3) is 0.438. The van der Waals surface area contributed by atoms with Gasteiger partial charge in [0.25, 0.3) is 0 Å². The van der Waals surface area contributed by atoms with Gasteiger partial charge in [-0.25, -0.2) is 9.18 Å². The van der Waals surface area contributed by atoms with Crippen molar-refractivity contribution in [1.29, 1.82) is 0 Å². The number of piperidine rings is 1. The van der Waals surface area contributed by atoms with E-state index < -0.39 is 0 Å². The molecule has 0 saturated carbocycles. The van der Waals surface area contributed by atoms with Crippen molar-refractivity contribution in [2.45, 2.75) is 32.4 Å². The van der Waals surface area contributed by atoms with Crippen LogP contribution in [-0.2, 0) is 6.54 Å². The zero-order chi connectivity index (χ0) is 16.9. The lowest BCUT2D eigenvalue weighted by Crippen LogP contribution is -2.46. The van der Waals surface area contributed by atoms with Crippen LogP contribution in [0.2, 0.25) is 0 Å². The number of para-hydroxylation sites is 1. The Bertz CT molecular complexity index is 698. The van der Waals surface area contributed by atoms with E-state index in [4.69, 9.17) is 9.26 Å². The number of likely N-dealkylation sites (tertiary alicyclic amines) is 1. The van der Waals surface area contributed by atoms with E-state index in [1.807, 2.05) is 0 Å². The lowest BCUT2D eigenvalue weighted by molar-refractivity contribution is 0.107. The molecule has 8 heteroatoms. The van der Waals surface area contributed by atoms with E-state index in [-0.39, 0.29) is 30.2 Å². The van der Waals surface area contributed by atoms with Crippen LogP contribution in [0.15, 0.2) is 28.8 Å². The van der Waals surface area contributed by atoms with Gasteiger partial charge >= 0.3 is 6.03 Å². The van der Waals surface area contributed by atoms with Crippen LogP contribution in [0, 0.1) is 12.7 Å². The fourth-order valence-corrected chi connectivity index (χ4v) is 2.58. The van der Waals surface area contributed by atoms with Crippen molar-refractivity contribution in [2.24, 2.45) is 0 Å². The summed E-state index contributed by atoms with van der Waals surface area (Å²) < 4.78 is 24.1. The van der Waals surface area contributed by atoms with Crippen molar-refractivity contribution in [3.8, 4) is 5.75 Å². The average Bonchev–Trinajstić information content (AvgIpc) is 3.01. The second-order valence-electron chi connectivity index (χ2n) is 5.62. The van der Waals surface area contributed by atoms with Gasteiger partial charge in [0.1, 0.15) is 6.10 Å². The Morgan fingerprint density at radius 1 is 1.42 bits per heavy atom. The molecule has 2 aromatic rings. The first-order chi connectivity index (χ1) is 11.6. The van der Waals surface area contributed by atoms with Crippen LogP contribution >= 0.6 is 0 Å². The van der Waals surface area contributed by atoms with Gasteiger partial charge < -0.3 is 19.5 Å². The van der Waals surface area contributed by atoms with Gasteiger partial charge in [-0.1, -0.05) is 17.3 Å². The normalized spacial score (nSPS) is 15.3. The predicted octanol–water partition coefficient (Wildman–Crippen LogP) is 2.27. The van der Waals surface area contributed by atoms with Crippen molar-refractivity contribution in [1.82, 2.24) is 20.4 Å². The molecule has 0 atom stereocenters. The Morgan fingerprint density at radius 2 is 2.17 bits per heavy atom. The molecule has 0 bridgehead atoms. The number of amides is 2. The molecule has 24 heavy (non-hydrogen) atoms. The Morgan fingerprint density at radius 3 is 2.83 bits per heavy atom. The molecule has 1 N–H and O–H groups in total. The molecule has 2 amide bonds. The second kappa shape index (κ2) is 7.29. The van der Waals surface area contributed by atoms with Crippen molar-refractivity contribution in [3.63, 3.8) is 0 Å². The Hall–Kier alpha value is -2.64. The SMILES string of the molecule is Cc1nc(CNC(=O)N2CCC(Oc3ccccc3F)CC2)no1. The topological polar surface area (TPSA) is 80.5 Å². The molecule has 1 aliphatic rings. The smallest absolute Gasteiger partial charge is 0.317 e. The van der Waals surface area contributed by atoms with Crippen LogP contribution < -0.4 is 10.1 Å². The number of carbonyl (C=O) groups is 1. The van der Waals surface area contributed by atoms with Crippen LogP contribution in [0.3, 0.4) is 0 Å². The number of hydrogen-bond acceptors (Lipinski definition) is 5. The minimum Gasteiger partial charge on any atom is -0.487 e. The van der Waals surface area contributed by atoms with Crippen LogP contribution in [-0.4, -0.2) is 40.3 Å². The Labute approximate surface area is 138 Å². The molecule has 1 saturated heterocycles. The maximum atomic E-state index is 13.6. The first-order valence-electron chi connectivity index (χ1n) is 7.85. The highest BCUT2D eigenvalue weighted by atomic mass is 19.1. The summed E-state index contributed by atoms with van der Waals surface area (Å²) >= 11 is 0. The number of carbonyl (C=O) groups excluding carboxylic acids is 1. The van der Waals surface area contributed by atoms with E-state index in [2.05, 4.69) is 15.5 Å². The second-order valence-corrected chi connectivity index (χ2v) is 5.62. The van der Waals surface area contributed by atoms with Gasteiger partial charge in [-0.05, 0) is 12.1 Å². The molecule has 2 heterocycles. The van der Waals surface area contributed by atoms with Crippen LogP contribution in [0.1, 0.15) is 24.6 Å². The highest BCUT2D eigenvalue weighted by Gasteiger charge is 2.24. The number of aryl methyl sites for hydroxylation is 1. The molecule has 0 radical (unpaired) electrons. The number of hydrogen-bond donors (Lipinski definition) is 1. The third-order valence-electron chi connectivity index (χ3n) is 3.83. The summed E-state index contributed by atoms with van der Waals surface area (Å²) in [5.41, 5.74) is 0. The van der Waals surface area contributed by atoms with Crippen LogP contribution in [0.25, 0.3) is 0 Å². The highest BCUT2D eigenvalue weighted by Crippen LogP contribution is 2.21. The van der Waals surface area contributed by atoms with Gasteiger partial charge in [0.2, 0.25) is 5.89 Å². The first-order valence-corrected chi connectivity index (χ1v) is 7.85. The van der Waals surface area contributed by atoms with E-state index >= 15 is 0 Å². The van der Waals surface area contributed by atoms with Crippen LogP contribution in [0.4, 0.5) is 9.18 Å². The van der Waals surface area contributed by atoms with Crippen molar-refractivity contribution >= 4 is 6.03 Å². The molecule has 3 rings (SSSR count). The van der Waals surface area contributed by atoms with E-state index in [0.29, 0.717) is 37.6 Å². The monoisotopic (exact) mass is 334 g/mol. The highest BCUT2D eigenvalue weighted by molar-refractivity contribution is 5.74. The molecule has 1 fully saturated rings. The van der Waals surface area contributed by atoms with Crippen LogP contribution in [0.5, 0.6) is 5.75 Å².